The molecule has 94 valence electrons. The van der Waals surface area contributed by atoms with E-state index >= 15 is 0 Å². The second kappa shape index (κ2) is 5.87. The fourth-order valence-corrected chi connectivity index (χ4v) is 1.83. The highest BCUT2D eigenvalue weighted by Crippen LogP contribution is 2.19. The molecule has 0 atom stereocenters. The van der Waals surface area contributed by atoms with Crippen LogP contribution in [0.2, 0.25) is 0 Å². The Morgan fingerprint density at radius 1 is 1.22 bits per heavy atom. The molecule has 0 aromatic heterocycles. The fraction of sp³-hybridized carbons (Fsp3) is 0.143. The Bertz CT molecular complexity index is 545. The summed E-state index contributed by atoms with van der Waals surface area (Å²) in [5.41, 5.74) is 1.83. The van der Waals surface area contributed by atoms with Crippen LogP contribution in [0.5, 0.6) is 5.75 Å². The first-order valence-electron chi connectivity index (χ1n) is 5.51. The summed E-state index contributed by atoms with van der Waals surface area (Å²) in [7, 11) is 1.63. The molecule has 1 N–H and O–H groups in total. The summed E-state index contributed by atoms with van der Waals surface area (Å²) in [5.74, 6) is 0.543. The van der Waals surface area contributed by atoms with Crippen LogP contribution in [-0.2, 0) is 6.54 Å². The quantitative estimate of drug-likeness (QED) is 0.913. The summed E-state index contributed by atoms with van der Waals surface area (Å²) in [6, 6.07) is 12.7. The molecule has 0 spiro atoms. The van der Waals surface area contributed by atoms with Gasteiger partial charge in [0.05, 0.1) is 11.6 Å². The molecule has 0 unspecified atom stereocenters. The minimum absolute atomic E-state index is 0.250. The van der Waals surface area contributed by atoms with Gasteiger partial charge >= 0.3 is 0 Å². The topological polar surface area (TPSA) is 21.3 Å². The van der Waals surface area contributed by atoms with Crippen LogP contribution in [0.15, 0.2) is 46.9 Å². The first-order chi connectivity index (χ1) is 8.69. The van der Waals surface area contributed by atoms with Crippen molar-refractivity contribution in [2.75, 3.05) is 12.4 Å². The summed E-state index contributed by atoms with van der Waals surface area (Å²) in [5, 5.41) is 3.22. The first kappa shape index (κ1) is 12.9. The summed E-state index contributed by atoms with van der Waals surface area (Å²) in [4.78, 5) is 0. The van der Waals surface area contributed by atoms with Crippen molar-refractivity contribution in [3.63, 3.8) is 0 Å². The third-order valence-electron chi connectivity index (χ3n) is 2.55. The normalized spacial score (nSPS) is 10.2. The van der Waals surface area contributed by atoms with Gasteiger partial charge in [-0.2, -0.15) is 0 Å². The second-order valence-electron chi connectivity index (χ2n) is 3.83. The van der Waals surface area contributed by atoms with Gasteiger partial charge in [0.2, 0.25) is 0 Å². The molecule has 0 fully saturated rings. The van der Waals surface area contributed by atoms with E-state index in [4.69, 9.17) is 4.74 Å². The summed E-state index contributed by atoms with van der Waals surface area (Å²) < 4.78 is 18.9. The lowest BCUT2D eigenvalue weighted by molar-refractivity contribution is 0.415. The molecule has 2 rings (SSSR count). The van der Waals surface area contributed by atoms with Gasteiger partial charge in [-0.05, 0) is 45.8 Å². The molecular weight excluding hydrogens is 297 g/mol. The Balaban J connectivity index is 2.04. The highest BCUT2D eigenvalue weighted by molar-refractivity contribution is 9.10. The monoisotopic (exact) mass is 309 g/mol. The Morgan fingerprint density at radius 2 is 2.06 bits per heavy atom. The third kappa shape index (κ3) is 3.23. The molecule has 0 bridgehead atoms. The van der Waals surface area contributed by atoms with Crippen molar-refractivity contribution >= 4 is 21.6 Å². The van der Waals surface area contributed by atoms with Crippen molar-refractivity contribution in [1.82, 2.24) is 0 Å². The standard InChI is InChI=1S/C14H13BrFNO/c1-18-12-4-2-3-11(8-12)17-9-10-5-6-13(15)14(16)7-10/h2-8,17H,9H2,1H3. The van der Waals surface area contributed by atoms with E-state index in [1.807, 2.05) is 30.3 Å². The van der Waals surface area contributed by atoms with Crippen molar-refractivity contribution in [3.8, 4) is 5.75 Å². The van der Waals surface area contributed by atoms with Gasteiger partial charge in [0.15, 0.2) is 0 Å². The lowest BCUT2D eigenvalue weighted by Crippen LogP contribution is -2.00. The molecule has 2 aromatic rings. The van der Waals surface area contributed by atoms with Gasteiger partial charge in [-0.15, -0.1) is 0 Å². The molecule has 0 aliphatic carbocycles. The molecule has 0 saturated carbocycles. The molecule has 0 radical (unpaired) electrons. The van der Waals surface area contributed by atoms with Crippen molar-refractivity contribution in [1.29, 1.82) is 0 Å². The molecule has 0 amide bonds. The predicted molar refractivity (Wildman–Crippen MR) is 74.4 cm³/mol. The second-order valence-corrected chi connectivity index (χ2v) is 4.69. The maximum atomic E-state index is 13.3. The number of hydrogen-bond donors (Lipinski definition) is 1. The number of nitrogens with one attached hydrogen (secondary N) is 1. The van der Waals surface area contributed by atoms with E-state index in [0.717, 1.165) is 17.0 Å². The minimum atomic E-state index is -0.250. The molecule has 2 nitrogen and oxygen atoms in total. The SMILES string of the molecule is COc1cccc(NCc2ccc(Br)c(F)c2)c1. The number of hydrogen-bond acceptors (Lipinski definition) is 2. The van der Waals surface area contributed by atoms with Crippen LogP contribution in [0.25, 0.3) is 0 Å². The number of rotatable bonds is 4. The van der Waals surface area contributed by atoms with Crippen LogP contribution < -0.4 is 10.1 Å². The minimum Gasteiger partial charge on any atom is -0.497 e. The Morgan fingerprint density at radius 3 is 2.78 bits per heavy atom. The number of halogens is 2. The van der Waals surface area contributed by atoms with E-state index in [9.17, 15) is 4.39 Å². The lowest BCUT2D eigenvalue weighted by Gasteiger charge is -2.08. The van der Waals surface area contributed by atoms with Crippen LogP contribution >= 0.6 is 15.9 Å². The third-order valence-corrected chi connectivity index (χ3v) is 3.19. The van der Waals surface area contributed by atoms with Gasteiger partial charge in [0, 0.05) is 18.3 Å². The van der Waals surface area contributed by atoms with Gasteiger partial charge in [-0.25, -0.2) is 4.39 Å². The van der Waals surface area contributed by atoms with Crippen LogP contribution in [0.3, 0.4) is 0 Å². The van der Waals surface area contributed by atoms with Crippen LogP contribution in [0, 0.1) is 5.82 Å². The Kier molecular flexibility index (Phi) is 4.20. The Hall–Kier alpha value is -1.55. The van der Waals surface area contributed by atoms with Crippen LogP contribution in [0.1, 0.15) is 5.56 Å². The number of benzene rings is 2. The van der Waals surface area contributed by atoms with Crippen molar-refractivity contribution in [2.24, 2.45) is 0 Å². The van der Waals surface area contributed by atoms with Gasteiger partial charge in [0.25, 0.3) is 0 Å². The largest absolute Gasteiger partial charge is 0.497 e. The molecule has 4 heteroatoms. The van der Waals surface area contributed by atoms with Gasteiger partial charge in [-0.1, -0.05) is 12.1 Å². The number of anilines is 1. The average molecular weight is 310 g/mol. The van der Waals surface area contributed by atoms with Crippen LogP contribution in [-0.4, -0.2) is 7.11 Å². The predicted octanol–water partition coefficient (Wildman–Crippen LogP) is 4.21. The average Bonchev–Trinajstić information content (AvgIpc) is 2.40. The highest BCUT2D eigenvalue weighted by Gasteiger charge is 2.01. The smallest absolute Gasteiger partial charge is 0.137 e. The maximum absolute atomic E-state index is 13.3. The van der Waals surface area contributed by atoms with Crippen molar-refractivity contribution in [3.05, 3.63) is 58.3 Å². The van der Waals surface area contributed by atoms with E-state index in [1.165, 1.54) is 6.07 Å². The van der Waals surface area contributed by atoms with Gasteiger partial charge in [-0.3, -0.25) is 0 Å². The van der Waals surface area contributed by atoms with E-state index in [0.29, 0.717) is 11.0 Å². The fourth-order valence-electron chi connectivity index (χ4n) is 1.59. The number of ether oxygens (including phenoxy) is 1. The van der Waals surface area contributed by atoms with Crippen LogP contribution in [0.4, 0.5) is 10.1 Å². The summed E-state index contributed by atoms with van der Waals surface area (Å²) in [6.45, 7) is 0.567. The number of methoxy groups -OCH3 is 1. The Labute approximate surface area is 114 Å². The van der Waals surface area contributed by atoms with Crippen molar-refractivity contribution in [2.45, 2.75) is 6.54 Å². The zero-order valence-electron chi connectivity index (χ0n) is 9.91. The zero-order valence-corrected chi connectivity index (χ0v) is 11.5. The summed E-state index contributed by atoms with van der Waals surface area (Å²) >= 11 is 3.13. The molecule has 0 heterocycles. The first-order valence-corrected chi connectivity index (χ1v) is 6.30. The molecular formula is C14H13BrFNO. The molecule has 2 aromatic carbocycles. The summed E-state index contributed by atoms with van der Waals surface area (Å²) in [6.07, 6.45) is 0. The molecule has 0 aliphatic heterocycles. The lowest BCUT2D eigenvalue weighted by atomic mass is 10.2. The van der Waals surface area contributed by atoms with E-state index < -0.39 is 0 Å². The molecule has 18 heavy (non-hydrogen) atoms. The van der Waals surface area contributed by atoms with E-state index in [-0.39, 0.29) is 5.82 Å². The van der Waals surface area contributed by atoms with E-state index in [2.05, 4.69) is 21.2 Å². The van der Waals surface area contributed by atoms with E-state index in [1.54, 1.807) is 13.2 Å². The molecule has 0 saturated heterocycles. The van der Waals surface area contributed by atoms with Gasteiger partial charge < -0.3 is 10.1 Å². The highest BCUT2D eigenvalue weighted by atomic mass is 79.9. The zero-order chi connectivity index (χ0) is 13.0. The molecule has 0 aliphatic rings. The maximum Gasteiger partial charge on any atom is 0.137 e. The van der Waals surface area contributed by atoms with Crippen molar-refractivity contribution < 1.29 is 9.13 Å². The van der Waals surface area contributed by atoms with Gasteiger partial charge in [0.1, 0.15) is 11.6 Å².